The highest BCUT2D eigenvalue weighted by molar-refractivity contribution is 5.95. The molecule has 26 heavy (non-hydrogen) atoms. The van der Waals surface area contributed by atoms with Crippen LogP contribution in [0.5, 0.6) is 0 Å². The summed E-state index contributed by atoms with van der Waals surface area (Å²) in [5.41, 5.74) is 2.48. The molecule has 7 nitrogen and oxygen atoms in total. The van der Waals surface area contributed by atoms with Crippen molar-refractivity contribution in [2.45, 2.75) is 39.7 Å². The van der Waals surface area contributed by atoms with E-state index < -0.39 is 0 Å². The van der Waals surface area contributed by atoms with Crippen molar-refractivity contribution in [3.8, 4) is 5.69 Å². The van der Waals surface area contributed by atoms with E-state index in [4.69, 9.17) is 4.42 Å². The lowest BCUT2D eigenvalue weighted by Crippen LogP contribution is -2.36. The smallest absolute Gasteiger partial charge is 0.251 e. The van der Waals surface area contributed by atoms with Crippen molar-refractivity contribution < 1.29 is 9.21 Å². The maximum Gasteiger partial charge on any atom is 0.251 e. The average Bonchev–Trinajstić information content (AvgIpc) is 3.23. The summed E-state index contributed by atoms with van der Waals surface area (Å²) >= 11 is 0. The van der Waals surface area contributed by atoms with Gasteiger partial charge in [0.15, 0.2) is 0 Å². The highest BCUT2D eigenvalue weighted by Gasteiger charge is 2.35. The van der Waals surface area contributed by atoms with Gasteiger partial charge in [-0.05, 0) is 53.5 Å². The average molecular weight is 351 g/mol. The summed E-state index contributed by atoms with van der Waals surface area (Å²) in [7, 11) is 0. The van der Waals surface area contributed by atoms with Crippen molar-refractivity contribution in [3.05, 3.63) is 59.3 Å². The van der Waals surface area contributed by atoms with Crippen molar-refractivity contribution >= 4 is 5.91 Å². The number of rotatable bonds is 3. The van der Waals surface area contributed by atoms with Crippen molar-refractivity contribution in [3.63, 3.8) is 0 Å². The van der Waals surface area contributed by atoms with E-state index in [2.05, 4.69) is 34.7 Å². The zero-order chi connectivity index (χ0) is 18.3. The first-order valence-corrected chi connectivity index (χ1v) is 8.65. The lowest BCUT2D eigenvalue weighted by molar-refractivity contribution is 0.0917. The molecule has 1 aliphatic rings. The fourth-order valence-electron chi connectivity index (χ4n) is 3.62. The van der Waals surface area contributed by atoms with Crippen LogP contribution in [0.4, 0.5) is 0 Å². The second-order valence-electron chi connectivity index (χ2n) is 7.61. The van der Waals surface area contributed by atoms with Crippen LogP contribution in [0.3, 0.4) is 0 Å². The van der Waals surface area contributed by atoms with E-state index in [-0.39, 0.29) is 17.4 Å². The van der Waals surface area contributed by atoms with Crippen molar-refractivity contribution in [2.75, 3.05) is 0 Å². The molecule has 2 heterocycles. The van der Waals surface area contributed by atoms with Gasteiger partial charge in [0.1, 0.15) is 17.8 Å². The Morgan fingerprint density at radius 2 is 2.19 bits per heavy atom. The number of aromatic nitrogens is 4. The molecule has 3 aromatic rings. The molecule has 4 rings (SSSR count). The summed E-state index contributed by atoms with van der Waals surface area (Å²) in [6.45, 7) is 6.34. The number of hydrogen-bond donors (Lipinski definition) is 1. The summed E-state index contributed by atoms with van der Waals surface area (Å²) in [5, 5.41) is 14.3. The van der Waals surface area contributed by atoms with Gasteiger partial charge in [0.2, 0.25) is 0 Å². The van der Waals surface area contributed by atoms with Crippen LogP contribution in [0, 0.1) is 12.3 Å². The highest BCUT2D eigenvalue weighted by atomic mass is 16.3. The van der Waals surface area contributed by atoms with Gasteiger partial charge in [-0.1, -0.05) is 19.9 Å². The fraction of sp³-hybridized carbons (Fsp3) is 0.368. The Bertz CT molecular complexity index is 943. The van der Waals surface area contributed by atoms with Crippen molar-refractivity contribution in [1.29, 1.82) is 0 Å². The van der Waals surface area contributed by atoms with Crippen LogP contribution in [0.2, 0.25) is 0 Å². The van der Waals surface area contributed by atoms with Gasteiger partial charge in [0.05, 0.1) is 11.7 Å². The Hall–Kier alpha value is -2.96. The Morgan fingerprint density at radius 1 is 1.35 bits per heavy atom. The van der Waals surface area contributed by atoms with E-state index in [1.165, 1.54) is 11.0 Å². The lowest BCUT2D eigenvalue weighted by Gasteiger charge is -2.34. The predicted octanol–water partition coefficient (Wildman–Crippen LogP) is 3.01. The minimum absolute atomic E-state index is 0.0598. The molecule has 0 radical (unpaired) electrons. The molecule has 1 aliphatic carbocycles. The number of hydrogen-bond acceptors (Lipinski definition) is 5. The number of benzene rings is 1. The third kappa shape index (κ3) is 3.12. The molecule has 1 atom stereocenters. The number of carbonyl (C=O) groups excluding carboxylic acids is 1. The molecule has 1 aromatic carbocycles. The molecule has 0 spiro atoms. The van der Waals surface area contributed by atoms with E-state index >= 15 is 0 Å². The van der Waals surface area contributed by atoms with E-state index in [0.29, 0.717) is 5.56 Å². The minimum atomic E-state index is -0.118. The summed E-state index contributed by atoms with van der Waals surface area (Å²) in [6.07, 6.45) is 3.26. The largest absolute Gasteiger partial charge is 0.466 e. The van der Waals surface area contributed by atoms with E-state index in [0.717, 1.165) is 35.6 Å². The molecule has 1 amide bonds. The highest BCUT2D eigenvalue weighted by Crippen LogP contribution is 2.42. The molecular formula is C19H21N5O2. The molecule has 0 aliphatic heterocycles. The standard InChI is InChI=1S/C19H21N5O2/c1-12-7-15-16(9-19(2,3)10-17(15)26-12)21-18(25)13-5-4-6-14(8-13)24-11-20-22-23-24/h4-8,11,16H,9-10H2,1-3H3,(H,21,25)/t16-/m1/s1. The van der Waals surface area contributed by atoms with Crippen LogP contribution in [0.25, 0.3) is 5.69 Å². The van der Waals surface area contributed by atoms with Crippen LogP contribution < -0.4 is 5.32 Å². The maximum atomic E-state index is 12.9. The summed E-state index contributed by atoms with van der Waals surface area (Å²) in [5.74, 6) is 1.74. The van der Waals surface area contributed by atoms with Gasteiger partial charge in [-0.25, -0.2) is 4.68 Å². The zero-order valence-electron chi connectivity index (χ0n) is 15.1. The second kappa shape index (κ2) is 6.09. The van der Waals surface area contributed by atoms with Gasteiger partial charge in [-0.15, -0.1) is 5.10 Å². The Balaban J connectivity index is 1.59. The Morgan fingerprint density at radius 3 is 2.96 bits per heavy atom. The molecule has 7 heteroatoms. The summed E-state index contributed by atoms with van der Waals surface area (Å²) in [6, 6.07) is 9.22. The first kappa shape index (κ1) is 16.5. The van der Waals surface area contributed by atoms with Gasteiger partial charge in [0.25, 0.3) is 5.91 Å². The molecule has 134 valence electrons. The number of carbonyl (C=O) groups is 1. The van der Waals surface area contributed by atoms with Crippen molar-refractivity contribution in [2.24, 2.45) is 5.41 Å². The molecule has 0 saturated heterocycles. The number of amides is 1. The van der Waals surface area contributed by atoms with Crippen LogP contribution in [-0.4, -0.2) is 26.1 Å². The number of tetrazole rings is 1. The van der Waals surface area contributed by atoms with E-state index in [1.807, 2.05) is 25.1 Å². The van der Waals surface area contributed by atoms with Crippen molar-refractivity contribution in [1.82, 2.24) is 25.5 Å². The fourth-order valence-corrected chi connectivity index (χ4v) is 3.62. The number of nitrogens with one attached hydrogen (secondary N) is 1. The second-order valence-corrected chi connectivity index (χ2v) is 7.61. The predicted molar refractivity (Wildman–Crippen MR) is 94.9 cm³/mol. The molecule has 2 aromatic heterocycles. The quantitative estimate of drug-likeness (QED) is 0.784. The Kier molecular flexibility index (Phi) is 3.86. The van der Waals surface area contributed by atoms with E-state index in [9.17, 15) is 4.79 Å². The Labute approximate surface area is 151 Å². The molecule has 0 bridgehead atoms. The lowest BCUT2D eigenvalue weighted by atomic mass is 9.74. The van der Waals surface area contributed by atoms with Crippen LogP contribution in [0.1, 0.15) is 53.8 Å². The van der Waals surface area contributed by atoms with Gasteiger partial charge in [-0.2, -0.15) is 0 Å². The first-order chi connectivity index (χ1) is 12.4. The van der Waals surface area contributed by atoms with Gasteiger partial charge >= 0.3 is 0 Å². The molecule has 0 saturated carbocycles. The molecule has 0 fully saturated rings. The third-order valence-corrected chi connectivity index (χ3v) is 4.76. The van der Waals surface area contributed by atoms with Crippen LogP contribution in [0.15, 0.2) is 41.1 Å². The topological polar surface area (TPSA) is 85.8 Å². The first-order valence-electron chi connectivity index (χ1n) is 8.65. The normalized spacial score (nSPS) is 18.3. The SMILES string of the molecule is Cc1cc2c(o1)CC(C)(C)C[C@H]2NC(=O)c1cccc(-n2cnnn2)c1. The number of fused-ring (bicyclic) bond motifs is 1. The van der Waals surface area contributed by atoms with Gasteiger partial charge in [0, 0.05) is 17.5 Å². The summed E-state index contributed by atoms with van der Waals surface area (Å²) < 4.78 is 7.38. The zero-order valence-corrected chi connectivity index (χ0v) is 15.1. The van der Waals surface area contributed by atoms with Crippen LogP contribution in [-0.2, 0) is 6.42 Å². The van der Waals surface area contributed by atoms with E-state index in [1.54, 1.807) is 12.1 Å². The van der Waals surface area contributed by atoms with Crippen LogP contribution >= 0.6 is 0 Å². The maximum absolute atomic E-state index is 12.9. The monoisotopic (exact) mass is 351 g/mol. The molecule has 0 unspecified atom stereocenters. The van der Waals surface area contributed by atoms with Gasteiger partial charge < -0.3 is 9.73 Å². The van der Waals surface area contributed by atoms with Gasteiger partial charge in [-0.3, -0.25) is 4.79 Å². The molecule has 1 N–H and O–H groups in total. The molecular weight excluding hydrogens is 330 g/mol. The number of nitrogens with zero attached hydrogens (tertiary/aromatic N) is 4. The number of furan rings is 1. The minimum Gasteiger partial charge on any atom is -0.466 e. The summed E-state index contributed by atoms with van der Waals surface area (Å²) in [4.78, 5) is 12.9. The third-order valence-electron chi connectivity index (χ3n) is 4.76. The number of aryl methyl sites for hydroxylation is 1.